The van der Waals surface area contributed by atoms with Gasteiger partial charge in [-0.1, -0.05) is 59.7 Å². The number of rotatable bonds is 4. The molecule has 2 aromatic carbocycles. The minimum Gasteiger partial charge on any atom is -0.507 e. The van der Waals surface area contributed by atoms with E-state index >= 15 is 0 Å². The van der Waals surface area contributed by atoms with E-state index in [9.17, 15) is 19.1 Å². The summed E-state index contributed by atoms with van der Waals surface area (Å²) in [6.07, 6.45) is 1.47. The highest BCUT2D eigenvalue weighted by molar-refractivity contribution is 6.06. The fourth-order valence-electron chi connectivity index (χ4n) is 4.35. The fraction of sp³-hybridized carbons (Fsp3) is 0.300. The van der Waals surface area contributed by atoms with Crippen LogP contribution in [0.1, 0.15) is 68.8 Å². The van der Waals surface area contributed by atoms with Crippen molar-refractivity contribution >= 4 is 16.8 Å². The molecule has 192 valence electrons. The van der Waals surface area contributed by atoms with Crippen LogP contribution in [0, 0.1) is 5.82 Å². The third kappa shape index (κ3) is 5.26. The van der Waals surface area contributed by atoms with Crippen LogP contribution in [0.4, 0.5) is 4.39 Å². The molecule has 4 aromatic rings. The monoisotopic (exact) mass is 502 g/mol. The number of hydrogen-bond donors (Lipinski definition) is 2. The maximum Gasteiger partial charge on any atom is 0.363 e. The molecular weight excluding hydrogens is 471 g/mol. The summed E-state index contributed by atoms with van der Waals surface area (Å²) in [6, 6.07) is 12.7. The van der Waals surface area contributed by atoms with Gasteiger partial charge in [0.15, 0.2) is 5.52 Å². The van der Waals surface area contributed by atoms with Gasteiger partial charge in [-0.25, -0.2) is 14.2 Å². The number of amides is 1. The molecular formula is C30H31FN2O4. The number of aromatic nitrogens is 1. The second-order valence-corrected chi connectivity index (χ2v) is 11.2. The number of nitrogens with one attached hydrogen (secondary N) is 1. The summed E-state index contributed by atoms with van der Waals surface area (Å²) in [7, 11) is 0. The Morgan fingerprint density at radius 1 is 1.00 bits per heavy atom. The molecule has 6 nitrogen and oxygen atoms in total. The summed E-state index contributed by atoms with van der Waals surface area (Å²) < 4.78 is 19.1. The number of aromatic hydroxyl groups is 1. The molecule has 0 fully saturated rings. The van der Waals surface area contributed by atoms with Gasteiger partial charge in [0.25, 0.3) is 5.91 Å². The quantitative estimate of drug-likeness (QED) is 0.345. The summed E-state index contributed by atoms with van der Waals surface area (Å²) in [5.74, 6) is -0.944. The van der Waals surface area contributed by atoms with E-state index in [0.717, 1.165) is 16.7 Å². The van der Waals surface area contributed by atoms with Crippen LogP contribution in [0.3, 0.4) is 0 Å². The third-order valence-corrected chi connectivity index (χ3v) is 6.27. The Labute approximate surface area is 215 Å². The predicted molar refractivity (Wildman–Crippen MR) is 142 cm³/mol. The Bertz CT molecular complexity index is 1510. The molecule has 0 aliphatic carbocycles. The number of nitrogens with zero attached hydrogens (tertiary/aromatic N) is 1. The molecule has 2 N–H and O–H groups in total. The number of hydrogen-bond acceptors (Lipinski definition) is 5. The normalized spacial score (nSPS) is 12.1. The molecule has 0 atom stereocenters. The molecule has 0 saturated heterocycles. The zero-order valence-corrected chi connectivity index (χ0v) is 21.9. The summed E-state index contributed by atoms with van der Waals surface area (Å²) in [5, 5.41) is 14.3. The minimum absolute atomic E-state index is 0.0848. The van der Waals surface area contributed by atoms with Crippen molar-refractivity contribution in [3.8, 4) is 16.9 Å². The number of pyridine rings is 1. The average molecular weight is 503 g/mol. The Balaban J connectivity index is 1.78. The largest absolute Gasteiger partial charge is 0.507 e. The Morgan fingerprint density at radius 2 is 1.59 bits per heavy atom. The van der Waals surface area contributed by atoms with Gasteiger partial charge in [0.05, 0.1) is 0 Å². The zero-order valence-electron chi connectivity index (χ0n) is 21.9. The van der Waals surface area contributed by atoms with E-state index in [4.69, 9.17) is 4.42 Å². The van der Waals surface area contributed by atoms with E-state index < -0.39 is 17.3 Å². The first-order valence-electron chi connectivity index (χ1n) is 12.1. The number of fused-ring (bicyclic) bond motifs is 1. The molecule has 0 spiro atoms. The number of phenolic OH excluding ortho intramolecular Hbond substituents is 1. The van der Waals surface area contributed by atoms with Gasteiger partial charge in [-0.3, -0.25) is 4.79 Å². The van der Waals surface area contributed by atoms with E-state index in [-0.39, 0.29) is 34.4 Å². The minimum atomic E-state index is -0.735. The van der Waals surface area contributed by atoms with Crippen LogP contribution in [0.2, 0.25) is 0 Å². The van der Waals surface area contributed by atoms with E-state index in [0.29, 0.717) is 16.5 Å². The number of benzene rings is 2. The first-order chi connectivity index (χ1) is 17.3. The summed E-state index contributed by atoms with van der Waals surface area (Å²) in [6.45, 7) is 12.2. The highest BCUT2D eigenvalue weighted by Crippen LogP contribution is 2.40. The predicted octanol–water partition coefficient (Wildman–Crippen LogP) is 6.22. The highest BCUT2D eigenvalue weighted by atomic mass is 19.1. The second kappa shape index (κ2) is 9.47. The molecule has 0 aliphatic rings. The maximum absolute atomic E-state index is 13.6. The third-order valence-electron chi connectivity index (χ3n) is 6.27. The molecule has 1 amide bonds. The van der Waals surface area contributed by atoms with Crippen LogP contribution in [-0.2, 0) is 17.4 Å². The van der Waals surface area contributed by atoms with E-state index in [2.05, 4.69) is 10.3 Å². The highest BCUT2D eigenvalue weighted by Gasteiger charge is 2.27. The van der Waals surface area contributed by atoms with Crippen molar-refractivity contribution in [3.63, 3.8) is 0 Å². The molecule has 0 aliphatic heterocycles. The van der Waals surface area contributed by atoms with Crippen molar-refractivity contribution in [1.29, 1.82) is 0 Å². The van der Waals surface area contributed by atoms with Gasteiger partial charge < -0.3 is 14.8 Å². The molecule has 2 heterocycles. The molecule has 37 heavy (non-hydrogen) atoms. The first-order valence-corrected chi connectivity index (χ1v) is 12.1. The first kappa shape index (κ1) is 26.1. The zero-order chi connectivity index (χ0) is 27.1. The van der Waals surface area contributed by atoms with Gasteiger partial charge in [-0.05, 0) is 63.4 Å². The van der Waals surface area contributed by atoms with Crippen LogP contribution in [-0.4, -0.2) is 16.0 Å². The van der Waals surface area contributed by atoms with Crippen molar-refractivity contribution in [2.24, 2.45) is 0 Å². The lowest BCUT2D eigenvalue weighted by atomic mass is 9.78. The van der Waals surface area contributed by atoms with Crippen LogP contribution in [0.15, 0.2) is 63.9 Å². The number of carbonyl (C=O) groups is 1. The molecule has 4 rings (SSSR count). The van der Waals surface area contributed by atoms with Crippen molar-refractivity contribution in [2.45, 2.75) is 58.9 Å². The van der Waals surface area contributed by atoms with E-state index in [1.165, 1.54) is 30.5 Å². The van der Waals surface area contributed by atoms with Gasteiger partial charge >= 0.3 is 5.63 Å². The summed E-state index contributed by atoms with van der Waals surface area (Å²) >= 11 is 0. The maximum atomic E-state index is 13.6. The molecule has 2 aromatic heterocycles. The van der Waals surface area contributed by atoms with E-state index in [1.54, 1.807) is 12.1 Å². The van der Waals surface area contributed by atoms with Crippen molar-refractivity contribution < 1.29 is 18.7 Å². The van der Waals surface area contributed by atoms with Crippen LogP contribution >= 0.6 is 0 Å². The lowest BCUT2D eigenvalue weighted by Gasteiger charge is -2.28. The van der Waals surface area contributed by atoms with Gasteiger partial charge in [-0.2, -0.15) is 0 Å². The average Bonchev–Trinajstić information content (AvgIpc) is 2.82. The topological polar surface area (TPSA) is 92.4 Å². The van der Waals surface area contributed by atoms with Crippen molar-refractivity contribution in [3.05, 3.63) is 93.4 Å². The fourth-order valence-corrected chi connectivity index (χ4v) is 4.35. The Kier molecular flexibility index (Phi) is 6.67. The molecule has 0 bridgehead atoms. The molecule has 0 unspecified atom stereocenters. The standard InChI is InChI=1S/C30H31FN2O4/c1-29(2,3)21-14-17(15-22(25(21)34)30(4,5)6)16-33-27(35)26-23(18-9-11-19(31)12-10-18)20-8-7-13-32-24(20)28(36)37-26/h7-15,34H,16H2,1-6H3,(H,33,35). The SMILES string of the molecule is CC(C)(C)c1cc(CNC(=O)c2oc(=O)c3ncccc3c2-c2ccc(F)cc2)cc(C(C)(C)C)c1O. The molecule has 0 saturated carbocycles. The van der Waals surface area contributed by atoms with Crippen LogP contribution in [0.25, 0.3) is 22.0 Å². The van der Waals surface area contributed by atoms with Crippen LogP contribution < -0.4 is 10.9 Å². The van der Waals surface area contributed by atoms with Crippen molar-refractivity contribution in [1.82, 2.24) is 10.3 Å². The summed E-state index contributed by atoms with van der Waals surface area (Å²) in [5.41, 5.74) is 1.94. The van der Waals surface area contributed by atoms with Crippen molar-refractivity contribution in [2.75, 3.05) is 0 Å². The van der Waals surface area contributed by atoms with Gasteiger partial charge in [0.2, 0.25) is 5.76 Å². The Hall–Kier alpha value is -4.00. The smallest absolute Gasteiger partial charge is 0.363 e. The van der Waals surface area contributed by atoms with E-state index in [1.807, 2.05) is 53.7 Å². The lowest BCUT2D eigenvalue weighted by molar-refractivity contribution is 0.0920. The second-order valence-electron chi connectivity index (χ2n) is 11.2. The number of carbonyl (C=O) groups excluding carboxylic acids is 1. The Morgan fingerprint density at radius 3 is 2.16 bits per heavy atom. The van der Waals surface area contributed by atoms with Gasteiger partial charge in [-0.15, -0.1) is 0 Å². The van der Waals surface area contributed by atoms with Gasteiger partial charge in [0, 0.05) is 23.7 Å². The molecule has 0 radical (unpaired) electrons. The lowest BCUT2D eigenvalue weighted by Crippen LogP contribution is -2.26. The van der Waals surface area contributed by atoms with Crippen LogP contribution in [0.5, 0.6) is 5.75 Å². The summed E-state index contributed by atoms with van der Waals surface area (Å²) in [4.78, 5) is 30.2. The number of halogens is 1. The van der Waals surface area contributed by atoms with Gasteiger partial charge in [0.1, 0.15) is 11.6 Å². The molecule has 7 heteroatoms. The number of phenols is 1.